The number of hydrogen-bond acceptors (Lipinski definition) is 3. The third kappa shape index (κ3) is 37.3. The Morgan fingerprint density at radius 1 is 0.400 bits per heavy atom. The maximum absolute atomic E-state index is 12.5. The average Bonchev–Trinajstić information content (AvgIpc) is 3.02. The second-order valence-electron chi connectivity index (χ2n) is 14.2. The molecule has 268 valence electrons. The van der Waals surface area contributed by atoms with Crippen LogP contribution >= 0.6 is 0 Å². The fourth-order valence-electron chi connectivity index (χ4n) is 6.55. The molecule has 0 aromatic rings. The highest BCUT2D eigenvalue weighted by atomic mass is 16.5. The van der Waals surface area contributed by atoms with Gasteiger partial charge in [0.2, 0.25) is 0 Å². The summed E-state index contributed by atoms with van der Waals surface area (Å²) in [5, 5.41) is 9.00. The molecule has 45 heavy (non-hydrogen) atoms. The van der Waals surface area contributed by atoms with Gasteiger partial charge in [-0.05, 0) is 32.1 Å². The molecule has 0 aromatic carbocycles. The molecule has 4 nitrogen and oxygen atoms in total. The first-order chi connectivity index (χ1) is 22.1. The van der Waals surface area contributed by atoms with Gasteiger partial charge in [-0.3, -0.25) is 9.59 Å². The summed E-state index contributed by atoms with van der Waals surface area (Å²) in [5.74, 6) is -0.848. The normalized spacial score (nSPS) is 12.0. The maximum atomic E-state index is 12.5. The van der Waals surface area contributed by atoms with E-state index in [-0.39, 0.29) is 18.5 Å². The van der Waals surface area contributed by atoms with Crippen LogP contribution in [0, 0.1) is 0 Å². The second kappa shape index (κ2) is 37.4. The van der Waals surface area contributed by atoms with Crippen LogP contribution in [0.2, 0.25) is 0 Å². The highest BCUT2D eigenvalue weighted by Gasteiger charge is 2.15. The predicted molar refractivity (Wildman–Crippen MR) is 195 cm³/mol. The zero-order valence-corrected chi connectivity index (χ0v) is 30.7. The highest BCUT2D eigenvalue weighted by Crippen LogP contribution is 2.19. The lowest BCUT2D eigenvalue weighted by molar-refractivity contribution is -0.150. The van der Waals surface area contributed by atoms with E-state index in [1.165, 1.54) is 180 Å². The van der Waals surface area contributed by atoms with Crippen molar-refractivity contribution in [3.63, 3.8) is 0 Å². The summed E-state index contributed by atoms with van der Waals surface area (Å²) in [6.45, 7) is 4.55. The van der Waals surface area contributed by atoms with E-state index in [2.05, 4.69) is 13.8 Å². The van der Waals surface area contributed by atoms with Gasteiger partial charge in [0.05, 0.1) is 0 Å². The minimum atomic E-state index is -0.765. The molecule has 0 fully saturated rings. The average molecular weight is 637 g/mol. The van der Waals surface area contributed by atoms with E-state index in [9.17, 15) is 9.59 Å². The third-order valence-electron chi connectivity index (χ3n) is 9.58. The van der Waals surface area contributed by atoms with Gasteiger partial charge in [-0.15, -0.1) is 0 Å². The monoisotopic (exact) mass is 637 g/mol. The summed E-state index contributed by atoms with van der Waals surface area (Å²) >= 11 is 0. The van der Waals surface area contributed by atoms with Crippen LogP contribution in [0.3, 0.4) is 0 Å². The first kappa shape index (κ1) is 43.9. The summed E-state index contributed by atoms with van der Waals surface area (Å²) in [6, 6.07) is 0. The molecule has 0 amide bonds. The van der Waals surface area contributed by atoms with Gasteiger partial charge in [0.15, 0.2) is 0 Å². The highest BCUT2D eigenvalue weighted by molar-refractivity contribution is 5.69. The Bertz CT molecular complexity index is 604. The van der Waals surface area contributed by atoms with Crippen LogP contribution in [0.5, 0.6) is 0 Å². The van der Waals surface area contributed by atoms with E-state index in [0.717, 1.165) is 25.7 Å². The molecule has 1 atom stereocenters. The Morgan fingerprint density at radius 2 is 0.689 bits per heavy atom. The quantitative estimate of drug-likeness (QED) is 0.0541. The van der Waals surface area contributed by atoms with Gasteiger partial charge < -0.3 is 9.84 Å². The van der Waals surface area contributed by atoms with Gasteiger partial charge in [0.25, 0.3) is 0 Å². The van der Waals surface area contributed by atoms with Crippen LogP contribution in [-0.2, 0) is 14.3 Å². The minimum absolute atomic E-state index is 0.0831. The van der Waals surface area contributed by atoms with E-state index in [4.69, 9.17) is 9.84 Å². The van der Waals surface area contributed by atoms with Gasteiger partial charge >= 0.3 is 11.9 Å². The van der Waals surface area contributed by atoms with Crippen LogP contribution in [0.15, 0.2) is 0 Å². The van der Waals surface area contributed by atoms with Crippen molar-refractivity contribution in [1.82, 2.24) is 0 Å². The van der Waals surface area contributed by atoms with Gasteiger partial charge in [0.1, 0.15) is 6.10 Å². The van der Waals surface area contributed by atoms with Crippen LogP contribution in [0.4, 0.5) is 0 Å². The molecule has 0 spiro atoms. The number of carbonyl (C=O) groups excluding carboxylic acids is 1. The smallest absolute Gasteiger partial charge is 0.306 e. The fraction of sp³-hybridized carbons (Fsp3) is 0.951. The number of carbonyl (C=O) groups is 2. The van der Waals surface area contributed by atoms with Gasteiger partial charge in [0, 0.05) is 12.8 Å². The molecule has 0 saturated carbocycles. The van der Waals surface area contributed by atoms with Crippen molar-refractivity contribution in [2.24, 2.45) is 0 Å². The van der Waals surface area contributed by atoms with Crippen LogP contribution in [0.25, 0.3) is 0 Å². The summed E-state index contributed by atoms with van der Waals surface area (Å²) in [6.07, 6.45) is 44.2. The maximum Gasteiger partial charge on any atom is 0.306 e. The fourth-order valence-corrected chi connectivity index (χ4v) is 6.55. The number of aliphatic carboxylic acids is 1. The van der Waals surface area contributed by atoms with Crippen LogP contribution in [-0.4, -0.2) is 23.1 Å². The molecule has 0 saturated heterocycles. The summed E-state index contributed by atoms with van der Waals surface area (Å²) in [5.41, 5.74) is 0. The number of rotatable bonds is 38. The topological polar surface area (TPSA) is 63.6 Å². The lowest BCUT2D eigenvalue weighted by atomic mass is 10.0. The predicted octanol–water partition coefficient (Wildman–Crippen LogP) is 14.1. The van der Waals surface area contributed by atoms with Crippen molar-refractivity contribution in [2.75, 3.05) is 0 Å². The van der Waals surface area contributed by atoms with Crippen LogP contribution in [0.1, 0.15) is 245 Å². The van der Waals surface area contributed by atoms with Gasteiger partial charge in [-0.25, -0.2) is 0 Å². The third-order valence-corrected chi connectivity index (χ3v) is 9.58. The van der Waals surface area contributed by atoms with Crippen molar-refractivity contribution < 1.29 is 19.4 Å². The standard InChI is InChI=1S/C41H80O4/c1-3-5-7-9-11-13-15-16-17-18-19-20-21-22-23-24-25-27-29-31-33-38-41(44)45-39(36-34-37-40(42)43)35-32-30-28-26-14-12-10-8-6-4-2/h39H,3-38H2,1-2H3,(H,42,43). The number of hydrogen-bond donors (Lipinski definition) is 1. The van der Waals surface area contributed by atoms with Gasteiger partial charge in [-0.2, -0.15) is 0 Å². The Labute approximate surface area is 282 Å². The number of esters is 1. The van der Waals surface area contributed by atoms with E-state index in [0.29, 0.717) is 19.3 Å². The van der Waals surface area contributed by atoms with Gasteiger partial charge in [-0.1, -0.05) is 200 Å². The van der Waals surface area contributed by atoms with Crippen molar-refractivity contribution in [3.05, 3.63) is 0 Å². The Morgan fingerprint density at radius 3 is 1.02 bits per heavy atom. The number of unbranched alkanes of at least 4 members (excludes halogenated alkanes) is 29. The zero-order chi connectivity index (χ0) is 32.9. The molecular weight excluding hydrogens is 556 g/mol. The second-order valence-corrected chi connectivity index (χ2v) is 14.2. The van der Waals surface area contributed by atoms with E-state index in [1.807, 2.05) is 0 Å². The molecule has 0 heterocycles. The zero-order valence-electron chi connectivity index (χ0n) is 30.7. The molecule has 0 radical (unpaired) electrons. The first-order valence-electron chi connectivity index (χ1n) is 20.5. The number of carboxylic acid groups (broad SMARTS) is 1. The SMILES string of the molecule is CCCCCCCCCCCCCCCCCCCCCCCC(=O)OC(CCCCCCCCCCCC)CCCC(=O)O. The minimum Gasteiger partial charge on any atom is -0.481 e. The molecule has 1 N–H and O–H groups in total. The van der Waals surface area contributed by atoms with Crippen molar-refractivity contribution in [3.8, 4) is 0 Å². The molecule has 0 aliphatic rings. The van der Waals surface area contributed by atoms with E-state index >= 15 is 0 Å². The van der Waals surface area contributed by atoms with Crippen molar-refractivity contribution in [2.45, 2.75) is 251 Å². The number of ether oxygens (including phenoxy) is 1. The molecule has 0 bridgehead atoms. The summed E-state index contributed by atoms with van der Waals surface area (Å²) in [4.78, 5) is 23.4. The molecule has 4 heteroatoms. The lowest BCUT2D eigenvalue weighted by Crippen LogP contribution is -2.18. The van der Waals surface area contributed by atoms with Crippen molar-refractivity contribution >= 4 is 11.9 Å². The number of carboxylic acids is 1. The molecule has 1 unspecified atom stereocenters. The summed E-state index contributed by atoms with van der Waals surface area (Å²) < 4.78 is 5.83. The summed E-state index contributed by atoms with van der Waals surface area (Å²) in [7, 11) is 0. The van der Waals surface area contributed by atoms with E-state index < -0.39 is 5.97 Å². The molecule has 0 aliphatic heterocycles. The molecular formula is C41H80O4. The molecule has 0 aromatic heterocycles. The Balaban J connectivity index is 3.64. The Kier molecular flexibility index (Phi) is 36.5. The van der Waals surface area contributed by atoms with E-state index in [1.54, 1.807) is 0 Å². The van der Waals surface area contributed by atoms with Crippen LogP contribution < -0.4 is 0 Å². The largest absolute Gasteiger partial charge is 0.481 e. The van der Waals surface area contributed by atoms with Crippen molar-refractivity contribution in [1.29, 1.82) is 0 Å². The lowest BCUT2D eigenvalue weighted by Gasteiger charge is -2.18. The molecule has 0 aliphatic carbocycles. The Hall–Kier alpha value is -1.06. The first-order valence-corrected chi connectivity index (χ1v) is 20.5. The molecule has 0 rings (SSSR count).